The first-order valence-electron chi connectivity index (χ1n) is 6.71. The van der Waals surface area contributed by atoms with Crippen molar-refractivity contribution in [3.63, 3.8) is 0 Å². The first kappa shape index (κ1) is 15.2. The van der Waals surface area contributed by atoms with Crippen LogP contribution in [0.2, 0.25) is 0 Å². The number of aliphatic hydroxyl groups excluding tert-OH is 1. The fourth-order valence-corrected chi connectivity index (χ4v) is 2.19. The highest BCUT2D eigenvalue weighted by molar-refractivity contribution is 5.30. The lowest BCUT2D eigenvalue weighted by Crippen LogP contribution is -2.39. The van der Waals surface area contributed by atoms with E-state index in [1.54, 1.807) is 0 Å². The van der Waals surface area contributed by atoms with Crippen LogP contribution in [0.15, 0.2) is 24.3 Å². The highest BCUT2D eigenvalue weighted by atomic mass is 16.3. The second kappa shape index (κ2) is 5.85. The predicted molar refractivity (Wildman–Crippen MR) is 77.7 cm³/mol. The van der Waals surface area contributed by atoms with Crippen LogP contribution in [0.25, 0.3) is 0 Å². The topological polar surface area (TPSA) is 46.2 Å². The van der Waals surface area contributed by atoms with Crippen molar-refractivity contribution >= 4 is 0 Å². The number of rotatable bonds is 5. The van der Waals surface area contributed by atoms with Crippen LogP contribution in [-0.4, -0.2) is 18.3 Å². The van der Waals surface area contributed by atoms with Crippen LogP contribution >= 0.6 is 0 Å². The van der Waals surface area contributed by atoms with Gasteiger partial charge in [0.05, 0.1) is 6.61 Å². The minimum atomic E-state index is -0.292. The zero-order valence-corrected chi connectivity index (χ0v) is 12.2. The zero-order valence-electron chi connectivity index (χ0n) is 12.2. The van der Waals surface area contributed by atoms with Crippen LogP contribution < -0.4 is 5.73 Å². The molecular formula is C16H27NO. The van der Waals surface area contributed by atoms with Gasteiger partial charge in [-0.15, -0.1) is 0 Å². The molecule has 1 aromatic rings. The van der Waals surface area contributed by atoms with Crippen LogP contribution in [-0.2, 0) is 5.41 Å². The number of benzene rings is 1. The molecule has 0 aliphatic heterocycles. The molecule has 1 rings (SSSR count). The Hall–Kier alpha value is -0.860. The largest absolute Gasteiger partial charge is 0.395 e. The molecule has 1 unspecified atom stereocenters. The Labute approximate surface area is 111 Å². The summed E-state index contributed by atoms with van der Waals surface area (Å²) in [6.07, 6.45) is 1.98. The third-order valence-electron chi connectivity index (χ3n) is 3.68. The van der Waals surface area contributed by atoms with Gasteiger partial charge in [0.15, 0.2) is 0 Å². The molecule has 0 spiro atoms. The summed E-state index contributed by atoms with van der Waals surface area (Å²) < 4.78 is 0. The summed E-state index contributed by atoms with van der Waals surface area (Å²) in [7, 11) is 0. The first-order valence-corrected chi connectivity index (χ1v) is 6.71. The SMILES string of the molecule is Cc1cccc(C(CN)(CO)CCC(C)(C)C)c1. The molecule has 0 saturated heterocycles. The maximum Gasteiger partial charge on any atom is 0.0540 e. The van der Waals surface area contributed by atoms with E-state index >= 15 is 0 Å². The average molecular weight is 249 g/mol. The summed E-state index contributed by atoms with van der Waals surface area (Å²) in [5, 5.41) is 9.84. The molecular weight excluding hydrogens is 222 g/mol. The van der Waals surface area contributed by atoms with Crippen LogP contribution in [0.4, 0.5) is 0 Å². The standard InChI is InChI=1S/C16H27NO/c1-13-6-5-7-14(10-13)16(11-17,12-18)9-8-15(2,3)4/h5-7,10,18H,8-9,11-12,17H2,1-4H3. The van der Waals surface area contributed by atoms with Gasteiger partial charge in [-0.1, -0.05) is 50.6 Å². The van der Waals surface area contributed by atoms with E-state index < -0.39 is 0 Å². The molecule has 2 heteroatoms. The number of hydrogen-bond donors (Lipinski definition) is 2. The van der Waals surface area contributed by atoms with E-state index in [0.29, 0.717) is 6.54 Å². The molecule has 1 atom stereocenters. The Bertz CT molecular complexity index is 375. The third kappa shape index (κ3) is 3.82. The fourth-order valence-electron chi connectivity index (χ4n) is 2.19. The summed E-state index contributed by atoms with van der Waals surface area (Å²) in [6.45, 7) is 9.35. The Morgan fingerprint density at radius 1 is 1.17 bits per heavy atom. The fraction of sp³-hybridized carbons (Fsp3) is 0.625. The minimum Gasteiger partial charge on any atom is -0.395 e. The maximum atomic E-state index is 9.84. The summed E-state index contributed by atoms with van der Waals surface area (Å²) in [6, 6.07) is 8.35. The number of hydrogen-bond acceptors (Lipinski definition) is 2. The lowest BCUT2D eigenvalue weighted by molar-refractivity contribution is 0.171. The molecule has 0 heterocycles. The Morgan fingerprint density at radius 3 is 2.28 bits per heavy atom. The molecule has 0 saturated carbocycles. The van der Waals surface area contributed by atoms with Gasteiger partial charge in [0.2, 0.25) is 0 Å². The average Bonchev–Trinajstić information content (AvgIpc) is 2.30. The van der Waals surface area contributed by atoms with E-state index in [1.165, 1.54) is 5.56 Å². The van der Waals surface area contributed by atoms with Crippen LogP contribution in [0.1, 0.15) is 44.7 Å². The Morgan fingerprint density at radius 2 is 1.83 bits per heavy atom. The van der Waals surface area contributed by atoms with Crippen molar-refractivity contribution in [2.75, 3.05) is 13.2 Å². The molecule has 0 amide bonds. The van der Waals surface area contributed by atoms with Crippen LogP contribution in [0, 0.1) is 12.3 Å². The van der Waals surface area contributed by atoms with E-state index in [2.05, 4.69) is 45.9 Å². The molecule has 0 radical (unpaired) electrons. The van der Waals surface area contributed by atoms with Crippen molar-refractivity contribution in [3.8, 4) is 0 Å². The van der Waals surface area contributed by atoms with Gasteiger partial charge in [-0.25, -0.2) is 0 Å². The molecule has 1 aromatic carbocycles. The number of nitrogens with two attached hydrogens (primary N) is 1. The lowest BCUT2D eigenvalue weighted by Gasteiger charge is -2.34. The second-order valence-corrected chi connectivity index (χ2v) is 6.57. The van der Waals surface area contributed by atoms with E-state index in [1.807, 2.05) is 6.07 Å². The molecule has 102 valence electrons. The lowest BCUT2D eigenvalue weighted by atomic mass is 9.73. The summed E-state index contributed by atoms with van der Waals surface area (Å²) in [4.78, 5) is 0. The van der Waals surface area contributed by atoms with Gasteiger partial charge in [-0.3, -0.25) is 0 Å². The van der Waals surface area contributed by atoms with Crippen LogP contribution in [0.5, 0.6) is 0 Å². The Balaban J connectivity index is 2.99. The highest BCUT2D eigenvalue weighted by Gasteiger charge is 2.31. The van der Waals surface area contributed by atoms with Gasteiger partial charge in [0.1, 0.15) is 0 Å². The first-order chi connectivity index (χ1) is 8.33. The normalized spacial score (nSPS) is 15.4. The molecule has 3 N–H and O–H groups in total. The van der Waals surface area contributed by atoms with Gasteiger partial charge < -0.3 is 10.8 Å². The van der Waals surface area contributed by atoms with Gasteiger partial charge >= 0.3 is 0 Å². The third-order valence-corrected chi connectivity index (χ3v) is 3.68. The number of aryl methyl sites for hydroxylation is 1. The zero-order chi connectivity index (χ0) is 13.8. The van der Waals surface area contributed by atoms with Gasteiger partial charge in [-0.2, -0.15) is 0 Å². The maximum absolute atomic E-state index is 9.84. The molecule has 0 aliphatic carbocycles. The minimum absolute atomic E-state index is 0.114. The van der Waals surface area contributed by atoms with Crippen molar-refractivity contribution in [2.24, 2.45) is 11.1 Å². The van der Waals surface area contributed by atoms with E-state index in [9.17, 15) is 5.11 Å². The predicted octanol–water partition coefficient (Wildman–Crippen LogP) is 3.01. The van der Waals surface area contributed by atoms with E-state index in [-0.39, 0.29) is 17.4 Å². The summed E-state index contributed by atoms with van der Waals surface area (Å²) in [5.74, 6) is 0. The van der Waals surface area contributed by atoms with E-state index in [4.69, 9.17) is 5.73 Å². The number of aliphatic hydroxyl groups is 1. The second-order valence-electron chi connectivity index (χ2n) is 6.57. The van der Waals surface area contributed by atoms with Crippen molar-refractivity contribution in [1.82, 2.24) is 0 Å². The molecule has 0 aromatic heterocycles. The van der Waals surface area contributed by atoms with E-state index in [0.717, 1.165) is 18.4 Å². The molecule has 18 heavy (non-hydrogen) atoms. The van der Waals surface area contributed by atoms with Crippen LogP contribution in [0.3, 0.4) is 0 Å². The molecule has 0 aliphatic rings. The molecule has 2 nitrogen and oxygen atoms in total. The van der Waals surface area contributed by atoms with Gasteiger partial charge in [0, 0.05) is 12.0 Å². The van der Waals surface area contributed by atoms with Gasteiger partial charge in [-0.05, 0) is 30.7 Å². The molecule has 0 bridgehead atoms. The monoisotopic (exact) mass is 249 g/mol. The smallest absolute Gasteiger partial charge is 0.0540 e. The van der Waals surface area contributed by atoms with Crippen molar-refractivity contribution in [1.29, 1.82) is 0 Å². The Kier molecular flexibility index (Phi) is 4.94. The van der Waals surface area contributed by atoms with Crippen molar-refractivity contribution in [3.05, 3.63) is 35.4 Å². The highest BCUT2D eigenvalue weighted by Crippen LogP contribution is 2.33. The van der Waals surface area contributed by atoms with Crippen molar-refractivity contribution in [2.45, 2.75) is 46.0 Å². The van der Waals surface area contributed by atoms with Gasteiger partial charge in [0.25, 0.3) is 0 Å². The van der Waals surface area contributed by atoms with Crippen molar-refractivity contribution < 1.29 is 5.11 Å². The molecule has 0 fully saturated rings. The summed E-state index contributed by atoms with van der Waals surface area (Å²) >= 11 is 0. The quantitative estimate of drug-likeness (QED) is 0.842. The summed E-state index contributed by atoms with van der Waals surface area (Å²) in [5.41, 5.74) is 8.32.